The molecule has 1 unspecified atom stereocenters. The summed E-state index contributed by atoms with van der Waals surface area (Å²) in [5.74, 6) is 0.875. The zero-order valence-electron chi connectivity index (χ0n) is 11.4. The lowest BCUT2D eigenvalue weighted by atomic mass is 10.0. The summed E-state index contributed by atoms with van der Waals surface area (Å²) in [6.07, 6.45) is 5.38. The fourth-order valence-electron chi connectivity index (χ4n) is 2.15. The van der Waals surface area contributed by atoms with Gasteiger partial charge in [-0.15, -0.1) is 0 Å². The zero-order chi connectivity index (χ0) is 14.7. The number of aryl methyl sites for hydroxylation is 1. The van der Waals surface area contributed by atoms with E-state index in [1.165, 1.54) is 0 Å². The molecule has 0 saturated carbocycles. The lowest BCUT2D eigenvalue weighted by Crippen LogP contribution is -2.18. The smallest absolute Gasteiger partial charge is 0.186 e. The number of imidazole rings is 1. The number of benzene rings is 1. The molecule has 0 bridgehead atoms. The lowest BCUT2D eigenvalue weighted by Gasteiger charge is -2.16. The number of carbonyl (C=O) groups is 1. The van der Waals surface area contributed by atoms with Gasteiger partial charge in [0.15, 0.2) is 5.78 Å². The van der Waals surface area contributed by atoms with Gasteiger partial charge in [0.25, 0.3) is 0 Å². The molecule has 106 valence electrons. The van der Waals surface area contributed by atoms with E-state index in [0.29, 0.717) is 15.6 Å². The van der Waals surface area contributed by atoms with E-state index in [1.807, 2.05) is 17.7 Å². The molecule has 0 saturated heterocycles. The van der Waals surface area contributed by atoms with Gasteiger partial charge in [0.2, 0.25) is 0 Å². The highest BCUT2D eigenvalue weighted by Gasteiger charge is 2.21. The minimum absolute atomic E-state index is 0.0398. The first-order valence-electron chi connectivity index (χ1n) is 6.55. The van der Waals surface area contributed by atoms with Gasteiger partial charge in [-0.05, 0) is 31.5 Å². The molecule has 1 aromatic heterocycles. The minimum Gasteiger partial charge on any atom is -0.324 e. The average Bonchev–Trinajstić information content (AvgIpc) is 2.86. The summed E-state index contributed by atoms with van der Waals surface area (Å²) in [7, 11) is 0. The number of nitrogens with zero attached hydrogens (tertiary/aromatic N) is 2. The van der Waals surface area contributed by atoms with Crippen molar-refractivity contribution in [3.8, 4) is 0 Å². The maximum Gasteiger partial charge on any atom is 0.186 e. The molecule has 0 aliphatic heterocycles. The molecule has 2 aromatic rings. The van der Waals surface area contributed by atoms with E-state index in [4.69, 9.17) is 23.2 Å². The number of hydrogen-bond acceptors (Lipinski definition) is 2. The fourth-order valence-corrected chi connectivity index (χ4v) is 2.66. The predicted octanol–water partition coefficient (Wildman–Crippen LogP) is 4.59. The molecule has 1 heterocycles. The SMILES string of the molecule is CCCc1nccn1C(C)C(=O)c1ccc(Cl)cc1Cl. The molecule has 5 heteroatoms. The van der Waals surface area contributed by atoms with Gasteiger partial charge in [-0.1, -0.05) is 30.1 Å². The van der Waals surface area contributed by atoms with Gasteiger partial charge < -0.3 is 4.57 Å². The Hall–Kier alpha value is -1.32. The number of Topliss-reactive ketones (excluding diaryl/α,β-unsaturated/α-hetero) is 1. The number of hydrogen-bond donors (Lipinski definition) is 0. The van der Waals surface area contributed by atoms with E-state index in [0.717, 1.165) is 18.7 Å². The molecule has 0 aliphatic carbocycles. The van der Waals surface area contributed by atoms with E-state index in [9.17, 15) is 4.79 Å². The van der Waals surface area contributed by atoms with E-state index in [2.05, 4.69) is 11.9 Å². The average molecular weight is 311 g/mol. The van der Waals surface area contributed by atoms with Crippen LogP contribution in [0, 0.1) is 0 Å². The van der Waals surface area contributed by atoms with Crippen LogP contribution >= 0.6 is 23.2 Å². The normalized spacial score (nSPS) is 12.4. The number of ketones is 1. The van der Waals surface area contributed by atoms with Crippen LogP contribution in [-0.2, 0) is 6.42 Å². The van der Waals surface area contributed by atoms with Crippen molar-refractivity contribution in [2.24, 2.45) is 0 Å². The van der Waals surface area contributed by atoms with E-state index >= 15 is 0 Å². The molecule has 0 aliphatic rings. The zero-order valence-corrected chi connectivity index (χ0v) is 12.9. The van der Waals surface area contributed by atoms with Crippen molar-refractivity contribution in [1.82, 2.24) is 9.55 Å². The minimum atomic E-state index is -0.335. The van der Waals surface area contributed by atoms with Crippen molar-refractivity contribution in [1.29, 1.82) is 0 Å². The largest absolute Gasteiger partial charge is 0.324 e. The van der Waals surface area contributed by atoms with Gasteiger partial charge in [-0.3, -0.25) is 4.79 Å². The van der Waals surface area contributed by atoms with E-state index in [-0.39, 0.29) is 11.8 Å². The van der Waals surface area contributed by atoms with Crippen molar-refractivity contribution in [2.75, 3.05) is 0 Å². The molecule has 0 fully saturated rings. The highest BCUT2D eigenvalue weighted by atomic mass is 35.5. The van der Waals surface area contributed by atoms with Crippen LogP contribution in [0.25, 0.3) is 0 Å². The highest BCUT2D eigenvalue weighted by molar-refractivity contribution is 6.36. The van der Waals surface area contributed by atoms with Crippen LogP contribution in [0.2, 0.25) is 10.0 Å². The van der Waals surface area contributed by atoms with Gasteiger partial charge in [0.1, 0.15) is 5.82 Å². The van der Waals surface area contributed by atoms with Crippen LogP contribution < -0.4 is 0 Å². The topological polar surface area (TPSA) is 34.9 Å². The van der Waals surface area contributed by atoms with E-state index in [1.54, 1.807) is 24.4 Å². The van der Waals surface area contributed by atoms with Gasteiger partial charge >= 0.3 is 0 Å². The first kappa shape index (κ1) is 15.1. The van der Waals surface area contributed by atoms with Crippen molar-refractivity contribution in [3.05, 3.63) is 52.0 Å². The summed E-state index contributed by atoms with van der Waals surface area (Å²) < 4.78 is 1.90. The summed E-state index contributed by atoms with van der Waals surface area (Å²) in [6, 6.07) is 4.59. The van der Waals surface area contributed by atoms with Crippen LogP contribution in [0.5, 0.6) is 0 Å². The number of rotatable bonds is 5. The predicted molar refractivity (Wildman–Crippen MR) is 81.7 cm³/mol. The van der Waals surface area contributed by atoms with Gasteiger partial charge in [-0.2, -0.15) is 0 Å². The van der Waals surface area contributed by atoms with E-state index < -0.39 is 0 Å². The second kappa shape index (κ2) is 6.42. The summed E-state index contributed by atoms with van der Waals surface area (Å²) in [4.78, 5) is 16.9. The number of aromatic nitrogens is 2. The molecule has 3 nitrogen and oxygen atoms in total. The molecule has 1 atom stereocenters. The molecule has 2 rings (SSSR count). The fraction of sp³-hybridized carbons (Fsp3) is 0.333. The van der Waals surface area contributed by atoms with Crippen molar-refractivity contribution in [3.63, 3.8) is 0 Å². The molecule has 0 amide bonds. The second-order valence-electron chi connectivity index (χ2n) is 4.67. The van der Waals surface area contributed by atoms with Crippen LogP contribution in [0.1, 0.15) is 42.5 Å². The van der Waals surface area contributed by atoms with Crippen molar-refractivity contribution < 1.29 is 4.79 Å². The van der Waals surface area contributed by atoms with Crippen LogP contribution in [-0.4, -0.2) is 15.3 Å². The molecule has 0 N–H and O–H groups in total. The Bertz CT molecular complexity index is 622. The van der Waals surface area contributed by atoms with Crippen molar-refractivity contribution in [2.45, 2.75) is 32.7 Å². The first-order valence-corrected chi connectivity index (χ1v) is 7.31. The Kier molecular flexibility index (Phi) is 4.84. The third kappa shape index (κ3) is 3.05. The van der Waals surface area contributed by atoms with Crippen LogP contribution in [0.15, 0.2) is 30.6 Å². The third-order valence-corrected chi connectivity index (χ3v) is 3.76. The Labute approximate surface area is 128 Å². The number of halogens is 2. The molecule has 1 aromatic carbocycles. The molecule has 0 radical (unpaired) electrons. The monoisotopic (exact) mass is 310 g/mol. The Morgan fingerprint density at radius 3 is 2.80 bits per heavy atom. The summed E-state index contributed by atoms with van der Waals surface area (Å²) >= 11 is 12.0. The summed E-state index contributed by atoms with van der Waals surface area (Å²) in [5.41, 5.74) is 0.486. The molecule has 0 spiro atoms. The summed E-state index contributed by atoms with van der Waals surface area (Å²) in [5, 5.41) is 0.903. The lowest BCUT2D eigenvalue weighted by molar-refractivity contribution is 0.0933. The number of carbonyl (C=O) groups excluding carboxylic acids is 1. The molecular formula is C15H16Cl2N2O. The highest BCUT2D eigenvalue weighted by Crippen LogP contribution is 2.25. The summed E-state index contributed by atoms with van der Waals surface area (Å²) in [6.45, 7) is 3.94. The maximum absolute atomic E-state index is 12.6. The first-order chi connectivity index (χ1) is 9.54. The molecular weight excluding hydrogens is 295 g/mol. The Morgan fingerprint density at radius 1 is 1.40 bits per heavy atom. The Morgan fingerprint density at radius 2 is 2.15 bits per heavy atom. The van der Waals surface area contributed by atoms with Gasteiger partial charge in [-0.25, -0.2) is 4.98 Å². The van der Waals surface area contributed by atoms with Gasteiger partial charge in [0, 0.05) is 29.4 Å². The standard InChI is InChI=1S/C15H16Cl2N2O/c1-3-4-14-18-7-8-19(14)10(2)15(20)12-6-5-11(16)9-13(12)17/h5-10H,3-4H2,1-2H3. The van der Waals surface area contributed by atoms with Gasteiger partial charge in [0.05, 0.1) is 11.1 Å². The van der Waals surface area contributed by atoms with Crippen LogP contribution in [0.4, 0.5) is 0 Å². The second-order valence-corrected chi connectivity index (χ2v) is 5.51. The third-order valence-electron chi connectivity index (χ3n) is 3.22. The Balaban J connectivity index is 2.30. The maximum atomic E-state index is 12.6. The molecule has 20 heavy (non-hydrogen) atoms. The van der Waals surface area contributed by atoms with Crippen molar-refractivity contribution >= 4 is 29.0 Å². The van der Waals surface area contributed by atoms with Crippen LogP contribution in [0.3, 0.4) is 0 Å². The quantitative estimate of drug-likeness (QED) is 0.757.